The van der Waals surface area contributed by atoms with Gasteiger partial charge in [-0.3, -0.25) is 14.5 Å². The number of likely N-dealkylation sites (tertiary alicyclic amines) is 1. The van der Waals surface area contributed by atoms with Crippen LogP contribution in [-0.2, 0) is 0 Å². The summed E-state index contributed by atoms with van der Waals surface area (Å²) in [4.78, 5) is 37.8. The van der Waals surface area contributed by atoms with Gasteiger partial charge >= 0.3 is 0 Å². The van der Waals surface area contributed by atoms with Gasteiger partial charge in [0.2, 0.25) is 0 Å². The lowest BCUT2D eigenvalue weighted by Crippen LogP contribution is -2.54. The Morgan fingerprint density at radius 1 is 0.690 bits per heavy atom. The summed E-state index contributed by atoms with van der Waals surface area (Å²) in [7, 11) is 0. The maximum atomic E-state index is 13.8. The van der Waals surface area contributed by atoms with Crippen LogP contribution in [0.3, 0.4) is 0 Å². The van der Waals surface area contributed by atoms with Crippen molar-refractivity contribution in [1.29, 1.82) is 0 Å². The molecule has 8 nitrogen and oxygen atoms in total. The molecule has 0 atom stereocenters. The molecule has 3 aromatic carbocycles. The van der Waals surface area contributed by atoms with E-state index >= 15 is 0 Å². The first-order chi connectivity index (χ1) is 20.5. The molecule has 1 aromatic heterocycles. The molecule has 2 saturated heterocycles. The maximum Gasteiger partial charge on any atom is 0.257 e. The predicted octanol–water partition coefficient (Wildman–Crippen LogP) is 4.77. The van der Waals surface area contributed by atoms with E-state index in [-0.39, 0.29) is 23.1 Å². The lowest BCUT2D eigenvalue weighted by Gasteiger charge is -2.42. The zero-order valence-electron chi connectivity index (χ0n) is 23.5. The molecule has 4 aromatic rings. The van der Waals surface area contributed by atoms with Crippen molar-refractivity contribution in [3.63, 3.8) is 0 Å². The summed E-state index contributed by atoms with van der Waals surface area (Å²) < 4.78 is 0. The molecule has 2 aliphatic heterocycles. The normalized spacial score (nSPS) is 16.4. The van der Waals surface area contributed by atoms with E-state index in [2.05, 4.69) is 4.90 Å². The fraction of sp³-hybridized carbons (Fsp3) is 0.265. The molecule has 0 unspecified atom stereocenters. The van der Waals surface area contributed by atoms with E-state index in [1.54, 1.807) is 11.0 Å². The number of phenolic OH excluding ortho intramolecular Hbond substituents is 1. The van der Waals surface area contributed by atoms with Crippen LogP contribution in [0.4, 0.5) is 5.69 Å². The summed E-state index contributed by atoms with van der Waals surface area (Å²) in [5, 5.41) is 10.1. The molecule has 42 heavy (non-hydrogen) atoms. The molecule has 6 rings (SSSR count). The van der Waals surface area contributed by atoms with Gasteiger partial charge in [0.25, 0.3) is 11.8 Å². The second-order valence-corrected chi connectivity index (χ2v) is 11.0. The second kappa shape index (κ2) is 12.0. The fourth-order valence-electron chi connectivity index (χ4n) is 5.97. The number of anilines is 1. The number of nitrogens with zero attached hydrogens (tertiary/aromatic N) is 4. The first-order valence-corrected chi connectivity index (χ1v) is 14.5. The number of rotatable bonds is 5. The van der Waals surface area contributed by atoms with E-state index in [9.17, 15) is 14.7 Å². The Labute approximate surface area is 246 Å². The highest BCUT2D eigenvalue weighted by Crippen LogP contribution is 2.27. The van der Waals surface area contributed by atoms with Crippen LogP contribution in [0.2, 0.25) is 0 Å². The third-order valence-electron chi connectivity index (χ3n) is 8.33. The van der Waals surface area contributed by atoms with Crippen LogP contribution in [-0.4, -0.2) is 81.9 Å². The average Bonchev–Trinajstić information content (AvgIpc) is 3.06. The van der Waals surface area contributed by atoms with Gasteiger partial charge in [-0.1, -0.05) is 60.7 Å². The number of piperazine rings is 1. The summed E-state index contributed by atoms with van der Waals surface area (Å²) in [5.74, 6) is -0.206. The number of phenols is 1. The quantitative estimate of drug-likeness (QED) is 0.269. The van der Waals surface area contributed by atoms with E-state index in [0.717, 1.165) is 48.4 Å². The molecule has 8 heteroatoms. The number of pyridine rings is 1. The van der Waals surface area contributed by atoms with E-state index in [1.807, 2.05) is 77.7 Å². The first kappa shape index (κ1) is 27.5. The Bertz CT molecular complexity index is 1500. The summed E-state index contributed by atoms with van der Waals surface area (Å²) in [6.07, 6.45) is 1.71. The van der Waals surface area contributed by atoms with Crippen molar-refractivity contribution < 1.29 is 14.7 Å². The van der Waals surface area contributed by atoms with E-state index in [4.69, 9.17) is 10.7 Å². The van der Waals surface area contributed by atoms with Gasteiger partial charge in [0, 0.05) is 67.7 Å². The largest absolute Gasteiger partial charge is 0.507 e. The number of nitrogen functional groups attached to an aromatic ring is 1. The number of aromatic hydroxyl groups is 1. The number of aromatic nitrogens is 1. The van der Waals surface area contributed by atoms with Gasteiger partial charge in [-0.05, 0) is 43.2 Å². The third-order valence-corrected chi connectivity index (χ3v) is 8.33. The monoisotopic (exact) mass is 561 g/mol. The van der Waals surface area contributed by atoms with Crippen molar-refractivity contribution in [3.8, 4) is 28.3 Å². The minimum atomic E-state index is -0.184. The Morgan fingerprint density at radius 2 is 1.24 bits per heavy atom. The van der Waals surface area contributed by atoms with Crippen molar-refractivity contribution in [3.05, 3.63) is 102 Å². The Kier molecular flexibility index (Phi) is 7.88. The molecule has 0 aliphatic carbocycles. The van der Waals surface area contributed by atoms with Crippen molar-refractivity contribution in [2.24, 2.45) is 0 Å². The number of hydrogen-bond acceptors (Lipinski definition) is 6. The standard InChI is InChI=1S/C34H35N5O3/c35-27-11-12-32(40)29(23-27)34(42)38-15-13-28(14-16-38)37-17-19-39(20-18-37)33(41)26-21-30(24-7-3-1-4-8-24)36-31(22-26)25-9-5-2-6-10-25/h1-12,21-23,28,40H,13-20,35H2. The van der Waals surface area contributed by atoms with Gasteiger partial charge in [0.15, 0.2) is 0 Å². The third kappa shape index (κ3) is 5.85. The molecule has 0 spiro atoms. The van der Waals surface area contributed by atoms with Crippen molar-refractivity contribution >= 4 is 17.5 Å². The van der Waals surface area contributed by atoms with Crippen LogP contribution in [0.5, 0.6) is 5.75 Å². The number of piperidine rings is 1. The van der Waals surface area contributed by atoms with Crippen LogP contribution in [0.15, 0.2) is 91.0 Å². The van der Waals surface area contributed by atoms with Crippen LogP contribution < -0.4 is 5.73 Å². The summed E-state index contributed by atoms with van der Waals surface area (Å²) in [5.41, 5.74) is 10.7. The zero-order chi connectivity index (χ0) is 29.1. The van der Waals surface area contributed by atoms with Gasteiger partial charge in [0.05, 0.1) is 17.0 Å². The van der Waals surface area contributed by atoms with Crippen LogP contribution in [0, 0.1) is 0 Å². The Balaban J connectivity index is 1.10. The number of hydrogen-bond donors (Lipinski definition) is 2. The van der Waals surface area contributed by atoms with Crippen LogP contribution >= 0.6 is 0 Å². The van der Waals surface area contributed by atoms with Crippen LogP contribution in [0.25, 0.3) is 22.5 Å². The maximum absolute atomic E-state index is 13.8. The van der Waals surface area contributed by atoms with Crippen molar-refractivity contribution in [2.75, 3.05) is 45.0 Å². The zero-order valence-corrected chi connectivity index (χ0v) is 23.5. The van der Waals surface area contributed by atoms with Gasteiger partial charge in [-0.25, -0.2) is 4.98 Å². The van der Waals surface area contributed by atoms with Crippen molar-refractivity contribution in [1.82, 2.24) is 19.7 Å². The van der Waals surface area contributed by atoms with E-state index < -0.39 is 0 Å². The van der Waals surface area contributed by atoms with Gasteiger partial charge < -0.3 is 20.6 Å². The fourth-order valence-corrected chi connectivity index (χ4v) is 5.97. The smallest absolute Gasteiger partial charge is 0.257 e. The molecule has 0 bridgehead atoms. The molecule has 3 N–H and O–H groups in total. The highest BCUT2D eigenvalue weighted by Gasteiger charge is 2.31. The molecular formula is C34H35N5O3. The summed E-state index contributed by atoms with van der Waals surface area (Å²) in [6, 6.07) is 28.7. The Morgan fingerprint density at radius 3 is 1.81 bits per heavy atom. The van der Waals surface area contributed by atoms with Crippen LogP contribution in [0.1, 0.15) is 33.6 Å². The lowest BCUT2D eigenvalue weighted by atomic mass is 10.0. The molecule has 0 saturated carbocycles. The molecule has 214 valence electrons. The number of carbonyl (C=O) groups is 2. The van der Waals surface area contributed by atoms with E-state index in [1.165, 1.54) is 12.1 Å². The minimum absolute atomic E-state index is 0.0220. The SMILES string of the molecule is Nc1ccc(O)c(C(=O)N2CCC(N3CCN(C(=O)c4cc(-c5ccccc5)nc(-c5ccccc5)c4)CC3)CC2)c1. The number of carbonyl (C=O) groups excluding carboxylic acids is 2. The molecular weight excluding hydrogens is 526 g/mol. The molecule has 2 fully saturated rings. The van der Waals surface area contributed by atoms with Gasteiger partial charge in [0.1, 0.15) is 5.75 Å². The summed E-state index contributed by atoms with van der Waals surface area (Å²) in [6.45, 7) is 4.14. The van der Waals surface area contributed by atoms with Crippen molar-refractivity contribution in [2.45, 2.75) is 18.9 Å². The van der Waals surface area contributed by atoms with E-state index in [0.29, 0.717) is 43.5 Å². The Hall–Kier alpha value is -4.69. The molecule has 2 aliphatic rings. The number of benzene rings is 3. The van der Waals surface area contributed by atoms with Gasteiger partial charge in [-0.2, -0.15) is 0 Å². The number of amides is 2. The average molecular weight is 562 g/mol. The second-order valence-electron chi connectivity index (χ2n) is 11.0. The molecule has 2 amide bonds. The highest BCUT2D eigenvalue weighted by molar-refractivity contribution is 5.98. The molecule has 0 radical (unpaired) electrons. The summed E-state index contributed by atoms with van der Waals surface area (Å²) >= 11 is 0. The number of nitrogens with two attached hydrogens (primary N) is 1. The topological polar surface area (TPSA) is 103 Å². The van der Waals surface area contributed by atoms with Gasteiger partial charge in [-0.15, -0.1) is 0 Å². The lowest BCUT2D eigenvalue weighted by molar-refractivity contribution is 0.0411. The highest BCUT2D eigenvalue weighted by atomic mass is 16.3. The predicted molar refractivity (Wildman–Crippen MR) is 164 cm³/mol. The molecule has 3 heterocycles. The minimum Gasteiger partial charge on any atom is -0.507 e. The first-order valence-electron chi connectivity index (χ1n) is 14.5.